The van der Waals surface area contributed by atoms with Gasteiger partial charge in [-0.3, -0.25) is 4.98 Å². The predicted octanol–water partition coefficient (Wildman–Crippen LogP) is 9.68. The molecule has 1 aliphatic rings. The number of para-hydroxylation sites is 2. The van der Waals surface area contributed by atoms with Gasteiger partial charge in [0.05, 0.1) is 17.4 Å². The summed E-state index contributed by atoms with van der Waals surface area (Å²) in [4.78, 5) is 5.37. The molecular formula is C36H43N3. The molecule has 1 aromatic heterocycles. The van der Waals surface area contributed by atoms with Crippen LogP contribution in [0.5, 0.6) is 0 Å². The quantitative estimate of drug-likeness (QED) is 0.244. The third kappa shape index (κ3) is 5.59. The molecule has 0 fully saturated rings. The van der Waals surface area contributed by atoms with Crippen molar-refractivity contribution in [3.8, 4) is 11.3 Å². The fraction of sp³-hybridized carbons (Fsp3) is 0.361. The standard InChI is InChI=1S/C36H43N3/c1-23(2)27-15-7-8-16-30(27)36(39-35-28(24(3)4)17-10-18-29(35)25(5)6)33-21-11-20-32(38-33)31-19-9-13-26-14-12-22-37-34(26)31/h7-11,13,15-21,23-25,36-37,39H,12,14,22H2,1-6H3/t36-/m1/s1. The van der Waals surface area contributed by atoms with Crippen molar-refractivity contribution in [1.82, 2.24) is 4.98 Å². The lowest BCUT2D eigenvalue weighted by Gasteiger charge is -2.29. The van der Waals surface area contributed by atoms with Gasteiger partial charge in [0, 0.05) is 23.5 Å². The molecule has 1 atom stereocenters. The first-order valence-electron chi connectivity index (χ1n) is 14.7. The maximum atomic E-state index is 5.37. The smallest absolute Gasteiger partial charge is 0.0943 e. The molecule has 202 valence electrons. The lowest BCUT2D eigenvalue weighted by Crippen LogP contribution is -2.19. The number of pyridine rings is 1. The molecule has 39 heavy (non-hydrogen) atoms. The van der Waals surface area contributed by atoms with Crippen LogP contribution in [0.4, 0.5) is 11.4 Å². The minimum Gasteiger partial charge on any atom is -0.384 e. The monoisotopic (exact) mass is 517 g/mol. The summed E-state index contributed by atoms with van der Waals surface area (Å²) in [5, 5.41) is 7.73. The molecule has 0 unspecified atom stereocenters. The van der Waals surface area contributed by atoms with E-state index in [-0.39, 0.29) is 6.04 Å². The molecule has 0 spiro atoms. The van der Waals surface area contributed by atoms with E-state index >= 15 is 0 Å². The molecule has 1 aliphatic heterocycles. The molecule has 3 nitrogen and oxygen atoms in total. The van der Waals surface area contributed by atoms with Crippen LogP contribution >= 0.6 is 0 Å². The molecule has 3 heteroatoms. The van der Waals surface area contributed by atoms with Gasteiger partial charge in [0.25, 0.3) is 0 Å². The van der Waals surface area contributed by atoms with Crippen molar-refractivity contribution in [3.05, 3.63) is 112 Å². The molecule has 4 aromatic rings. The Balaban J connectivity index is 1.68. The average molecular weight is 518 g/mol. The molecule has 0 bridgehead atoms. The summed E-state index contributed by atoms with van der Waals surface area (Å²) >= 11 is 0. The van der Waals surface area contributed by atoms with Crippen LogP contribution in [0.3, 0.4) is 0 Å². The van der Waals surface area contributed by atoms with Crippen molar-refractivity contribution in [1.29, 1.82) is 0 Å². The first-order valence-corrected chi connectivity index (χ1v) is 14.7. The van der Waals surface area contributed by atoms with E-state index in [1.165, 1.54) is 51.2 Å². The largest absolute Gasteiger partial charge is 0.384 e. The number of anilines is 2. The Labute approximate surface area is 235 Å². The van der Waals surface area contributed by atoms with Crippen LogP contribution in [0.15, 0.2) is 78.9 Å². The lowest BCUT2D eigenvalue weighted by atomic mass is 9.88. The zero-order valence-corrected chi connectivity index (χ0v) is 24.4. The fourth-order valence-electron chi connectivity index (χ4n) is 5.96. The normalized spacial score (nSPS) is 13.9. The highest BCUT2D eigenvalue weighted by Gasteiger charge is 2.24. The Morgan fingerprint density at radius 2 is 1.28 bits per heavy atom. The Hall–Kier alpha value is -3.59. The predicted molar refractivity (Wildman–Crippen MR) is 167 cm³/mol. The molecule has 0 saturated heterocycles. The number of aromatic nitrogens is 1. The van der Waals surface area contributed by atoms with Crippen molar-refractivity contribution in [3.63, 3.8) is 0 Å². The lowest BCUT2D eigenvalue weighted by molar-refractivity contribution is 0.788. The number of rotatable bonds is 8. The minimum absolute atomic E-state index is 0.0755. The summed E-state index contributed by atoms with van der Waals surface area (Å²) in [7, 11) is 0. The van der Waals surface area contributed by atoms with Gasteiger partial charge in [-0.15, -0.1) is 0 Å². The van der Waals surface area contributed by atoms with E-state index in [2.05, 4.69) is 131 Å². The van der Waals surface area contributed by atoms with Gasteiger partial charge in [0.2, 0.25) is 0 Å². The van der Waals surface area contributed by atoms with E-state index in [0.717, 1.165) is 24.4 Å². The van der Waals surface area contributed by atoms with Crippen LogP contribution in [0.2, 0.25) is 0 Å². The molecule has 0 amide bonds. The van der Waals surface area contributed by atoms with Crippen molar-refractivity contribution in [2.24, 2.45) is 0 Å². The molecule has 2 heterocycles. The van der Waals surface area contributed by atoms with E-state index in [1.807, 2.05) is 0 Å². The first kappa shape index (κ1) is 27.0. The van der Waals surface area contributed by atoms with Crippen LogP contribution in [0.25, 0.3) is 11.3 Å². The summed E-state index contributed by atoms with van der Waals surface area (Å²) in [6, 6.07) is 28.7. The fourth-order valence-corrected chi connectivity index (χ4v) is 5.96. The molecular weight excluding hydrogens is 474 g/mol. The van der Waals surface area contributed by atoms with E-state index in [9.17, 15) is 0 Å². The zero-order valence-electron chi connectivity index (χ0n) is 24.4. The molecule has 0 radical (unpaired) electrons. The van der Waals surface area contributed by atoms with E-state index < -0.39 is 0 Å². The van der Waals surface area contributed by atoms with Gasteiger partial charge in [0.15, 0.2) is 0 Å². The van der Waals surface area contributed by atoms with Crippen LogP contribution in [0.1, 0.15) is 105 Å². The van der Waals surface area contributed by atoms with Gasteiger partial charge in [-0.05, 0) is 70.5 Å². The molecule has 5 rings (SSSR count). The number of nitrogens with zero attached hydrogens (tertiary/aromatic N) is 1. The second-order valence-corrected chi connectivity index (χ2v) is 11.8. The van der Waals surface area contributed by atoms with Gasteiger partial charge in [-0.1, -0.05) is 108 Å². The second kappa shape index (κ2) is 11.7. The number of nitrogens with one attached hydrogen (secondary N) is 2. The number of fused-ring (bicyclic) bond motifs is 1. The highest BCUT2D eigenvalue weighted by molar-refractivity contribution is 5.79. The summed E-state index contributed by atoms with van der Waals surface area (Å²) in [5.41, 5.74) is 12.5. The number of aryl methyl sites for hydroxylation is 1. The molecule has 0 aliphatic carbocycles. The molecule has 2 N–H and O–H groups in total. The average Bonchev–Trinajstić information content (AvgIpc) is 2.95. The molecule has 0 saturated carbocycles. The van der Waals surface area contributed by atoms with Crippen molar-refractivity contribution < 1.29 is 0 Å². The summed E-state index contributed by atoms with van der Waals surface area (Å²) < 4.78 is 0. The third-order valence-electron chi connectivity index (χ3n) is 8.01. The highest BCUT2D eigenvalue weighted by atomic mass is 15.0. The minimum atomic E-state index is -0.0755. The number of hydrogen-bond donors (Lipinski definition) is 2. The van der Waals surface area contributed by atoms with Crippen molar-refractivity contribution in [2.75, 3.05) is 17.2 Å². The Morgan fingerprint density at radius 1 is 0.667 bits per heavy atom. The van der Waals surface area contributed by atoms with Gasteiger partial charge in [-0.25, -0.2) is 0 Å². The van der Waals surface area contributed by atoms with Crippen molar-refractivity contribution >= 4 is 11.4 Å². The van der Waals surface area contributed by atoms with Crippen LogP contribution in [-0.2, 0) is 6.42 Å². The van der Waals surface area contributed by atoms with E-state index in [0.29, 0.717) is 17.8 Å². The SMILES string of the molecule is CC(C)c1ccccc1[C@@H](Nc1c(C(C)C)cccc1C(C)C)c1cccc(-c2cccc3c2NCCC3)n1. The van der Waals surface area contributed by atoms with Crippen LogP contribution in [0, 0.1) is 0 Å². The van der Waals surface area contributed by atoms with Gasteiger partial charge < -0.3 is 10.6 Å². The Morgan fingerprint density at radius 3 is 1.97 bits per heavy atom. The Kier molecular flexibility index (Phi) is 8.07. The maximum absolute atomic E-state index is 5.37. The summed E-state index contributed by atoms with van der Waals surface area (Å²) in [5.74, 6) is 1.23. The van der Waals surface area contributed by atoms with Gasteiger partial charge in [0.1, 0.15) is 0 Å². The third-order valence-corrected chi connectivity index (χ3v) is 8.01. The summed E-state index contributed by atoms with van der Waals surface area (Å²) in [6.07, 6.45) is 2.29. The second-order valence-electron chi connectivity index (χ2n) is 11.8. The number of hydrogen-bond acceptors (Lipinski definition) is 3. The van der Waals surface area contributed by atoms with Crippen LogP contribution < -0.4 is 10.6 Å². The van der Waals surface area contributed by atoms with Gasteiger partial charge in [-0.2, -0.15) is 0 Å². The van der Waals surface area contributed by atoms with Crippen LogP contribution in [-0.4, -0.2) is 11.5 Å². The Bertz CT molecular complexity index is 1410. The van der Waals surface area contributed by atoms with E-state index in [4.69, 9.17) is 4.98 Å². The molecule has 3 aromatic carbocycles. The highest BCUT2D eigenvalue weighted by Crippen LogP contribution is 2.39. The topological polar surface area (TPSA) is 37.0 Å². The first-order chi connectivity index (χ1) is 18.8. The zero-order chi connectivity index (χ0) is 27.5. The summed E-state index contributed by atoms with van der Waals surface area (Å²) in [6.45, 7) is 14.7. The number of benzene rings is 3. The van der Waals surface area contributed by atoms with Crippen molar-refractivity contribution in [2.45, 2.75) is 78.2 Å². The maximum Gasteiger partial charge on any atom is 0.0943 e. The van der Waals surface area contributed by atoms with E-state index in [1.54, 1.807) is 0 Å². The van der Waals surface area contributed by atoms with Gasteiger partial charge >= 0.3 is 0 Å².